The van der Waals surface area contributed by atoms with Gasteiger partial charge in [0.2, 0.25) is 5.88 Å². The molecule has 2 N–H and O–H groups in total. The van der Waals surface area contributed by atoms with Crippen LogP contribution in [0, 0.1) is 0 Å². The van der Waals surface area contributed by atoms with Gasteiger partial charge in [0.05, 0.1) is 7.11 Å². The Labute approximate surface area is 174 Å². The summed E-state index contributed by atoms with van der Waals surface area (Å²) in [6, 6.07) is 17.6. The Morgan fingerprint density at radius 3 is 2.55 bits per heavy atom. The van der Waals surface area contributed by atoms with E-state index in [4.69, 9.17) is 21.1 Å². The van der Waals surface area contributed by atoms with Gasteiger partial charge in [-0.2, -0.15) is 0 Å². The normalized spacial score (nSPS) is 11.4. The van der Waals surface area contributed by atoms with Gasteiger partial charge in [-0.15, -0.1) is 10.2 Å². The van der Waals surface area contributed by atoms with Gasteiger partial charge >= 0.3 is 6.03 Å². The molecule has 150 valence electrons. The molecule has 29 heavy (non-hydrogen) atoms. The lowest BCUT2D eigenvalue weighted by atomic mass is 10.1. The van der Waals surface area contributed by atoms with Crippen LogP contribution in [0.1, 0.15) is 12.5 Å². The number of hydrogen-bond acceptors (Lipinski definition) is 5. The molecule has 0 spiro atoms. The second-order valence-corrected chi connectivity index (χ2v) is 6.76. The highest BCUT2D eigenvalue weighted by Crippen LogP contribution is 2.21. The predicted octanol–water partition coefficient (Wildman–Crippen LogP) is 4.68. The van der Waals surface area contributed by atoms with E-state index >= 15 is 0 Å². The summed E-state index contributed by atoms with van der Waals surface area (Å²) in [7, 11) is 1.63. The third-order valence-electron chi connectivity index (χ3n) is 4.00. The second kappa shape index (κ2) is 9.75. The summed E-state index contributed by atoms with van der Waals surface area (Å²) in [5, 5.41) is 13.6. The Morgan fingerprint density at radius 1 is 1.07 bits per heavy atom. The average molecular weight is 413 g/mol. The van der Waals surface area contributed by atoms with Crippen molar-refractivity contribution in [3.63, 3.8) is 0 Å². The van der Waals surface area contributed by atoms with Gasteiger partial charge in [0.15, 0.2) is 5.15 Å². The van der Waals surface area contributed by atoms with E-state index in [2.05, 4.69) is 20.8 Å². The molecule has 2 aromatic carbocycles. The standard InChI is InChI=1S/C21H21ClN4O3/c1-14(12-15-4-3-5-18(13-15)28-2)23-21(27)24-16-6-8-17(9-7-16)29-20-11-10-19(22)25-26-20/h3-11,13-14H,12H2,1-2H3,(H2,23,24,27). The molecule has 2 amide bonds. The van der Waals surface area contributed by atoms with E-state index in [0.717, 1.165) is 11.3 Å². The summed E-state index contributed by atoms with van der Waals surface area (Å²) in [4.78, 5) is 12.2. The lowest BCUT2D eigenvalue weighted by molar-refractivity contribution is 0.249. The maximum absolute atomic E-state index is 12.2. The minimum Gasteiger partial charge on any atom is -0.497 e. The maximum Gasteiger partial charge on any atom is 0.319 e. The zero-order chi connectivity index (χ0) is 20.6. The molecule has 7 nitrogen and oxygen atoms in total. The number of nitrogens with zero attached hydrogens (tertiary/aromatic N) is 2. The zero-order valence-electron chi connectivity index (χ0n) is 16.1. The Balaban J connectivity index is 1.50. The number of carbonyl (C=O) groups excluding carboxylic acids is 1. The highest BCUT2D eigenvalue weighted by atomic mass is 35.5. The van der Waals surface area contributed by atoms with Gasteiger partial charge in [0.1, 0.15) is 11.5 Å². The second-order valence-electron chi connectivity index (χ2n) is 6.38. The van der Waals surface area contributed by atoms with Gasteiger partial charge in [0, 0.05) is 17.8 Å². The number of nitrogens with one attached hydrogen (secondary N) is 2. The van der Waals surface area contributed by atoms with E-state index in [-0.39, 0.29) is 12.1 Å². The van der Waals surface area contributed by atoms with Gasteiger partial charge in [-0.25, -0.2) is 4.79 Å². The van der Waals surface area contributed by atoms with E-state index in [0.29, 0.717) is 28.9 Å². The first-order chi connectivity index (χ1) is 14.0. The largest absolute Gasteiger partial charge is 0.497 e. The smallest absolute Gasteiger partial charge is 0.319 e. The van der Waals surface area contributed by atoms with Gasteiger partial charge in [0.25, 0.3) is 0 Å². The molecular weight excluding hydrogens is 392 g/mol. The van der Waals surface area contributed by atoms with Crippen molar-refractivity contribution in [3.8, 4) is 17.4 Å². The Morgan fingerprint density at radius 2 is 1.86 bits per heavy atom. The van der Waals surface area contributed by atoms with Crippen LogP contribution in [0.5, 0.6) is 17.4 Å². The summed E-state index contributed by atoms with van der Waals surface area (Å²) >= 11 is 5.70. The van der Waals surface area contributed by atoms with Crippen LogP contribution in [0.25, 0.3) is 0 Å². The fourth-order valence-corrected chi connectivity index (χ4v) is 2.78. The molecule has 1 atom stereocenters. The molecular formula is C21H21ClN4O3. The number of amides is 2. The van der Waals surface area contributed by atoms with E-state index in [9.17, 15) is 4.79 Å². The number of aromatic nitrogens is 2. The Kier molecular flexibility index (Phi) is 6.86. The van der Waals surface area contributed by atoms with Crippen molar-refractivity contribution in [1.82, 2.24) is 15.5 Å². The van der Waals surface area contributed by atoms with Crippen LogP contribution >= 0.6 is 11.6 Å². The van der Waals surface area contributed by atoms with Gasteiger partial charge in [-0.3, -0.25) is 0 Å². The number of halogens is 1. The third-order valence-corrected chi connectivity index (χ3v) is 4.20. The van der Waals surface area contributed by atoms with Gasteiger partial charge in [-0.05, 0) is 61.4 Å². The van der Waals surface area contributed by atoms with E-state index < -0.39 is 0 Å². The molecule has 1 unspecified atom stereocenters. The Hall–Kier alpha value is -3.32. The summed E-state index contributed by atoms with van der Waals surface area (Å²) in [5.41, 5.74) is 1.73. The average Bonchev–Trinajstić information content (AvgIpc) is 2.71. The molecule has 1 aromatic heterocycles. The molecule has 0 aliphatic rings. The van der Waals surface area contributed by atoms with Crippen molar-refractivity contribution >= 4 is 23.3 Å². The Bertz CT molecular complexity index is 949. The first-order valence-electron chi connectivity index (χ1n) is 8.99. The van der Waals surface area contributed by atoms with E-state index in [1.54, 1.807) is 43.5 Å². The van der Waals surface area contributed by atoms with Crippen molar-refractivity contribution in [2.45, 2.75) is 19.4 Å². The van der Waals surface area contributed by atoms with Crippen molar-refractivity contribution in [3.05, 3.63) is 71.4 Å². The van der Waals surface area contributed by atoms with Crippen LogP contribution in [-0.4, -0.2) is 29.4 Å². The van der Waals surface area contributed by atoms with E-state index in [1.165, 1.54) is 0 Å². The van der Waals surface area contributed by atoms with Crippen molar-refractivity contribution in [2.24, 2.45) is 0 Å². The monoisotopic (exact) mass is 412 g/mol. The molecule has 0 fully saturated rings. The quantitative estimate of drug-likeness (QED) is 0.588. The lowest BCUT2D eigenvalue weighted by Gasteiger charge is -2.15. The number of anilines is 1. The number of urea groups is 1. The predicted molar refractivity (Wildman–Crippen MR) is 112 cm³/mol. The van der Waals surface area contributed by atoms with Crippen molar-refractivity contribution in [2.75, 3.05) is 12.4 Å². The third kappa shape index (κ3) is 6.36. The van der Waals surface area contributed by atoms with Crippen LogP contribution in [0.2, 0.25) is 5.15 Å². The molecule has 0 aliphatic carbocycles. The van der Waals surface area contributed by atoms with Crippen LogP contribution < -0.4 is 20.1 Å². The summed E-state index contributed by atoms with van der Waals surface area (Å²) < 4.78 is 10.8. The first-order valence-corrected chi connectivity index (χ1v) is 9.37. The van der Waals surface area contributed by atoms with Crippen molar-refractivity contribution < 1.29 is 14.3 Å². The molecule has 1 heterocycles. The molecule has 0 saturated carbocycles. The number of methoxy groups -OCH3 is 1. The summed E-state index contributed by atoms with van der Waals surface area (Å²) in [5.74, 6) is 1.70. The molecule has 0 saturated heterocycles. The number of rotatable bonds is 7. The van der Waals surface area contributed by atoms with Crippen molar-refractivity contribution in [1.29, 1.82) is 0 Å². The number of carbonyl (C=O) groups is 1. The molecule has 3 aromatic rings. The fourth-order valence-electron chi connectivity index (χ4n) is 2.68. The first kappa shape index (κ1) is 20.4. The molecule has 8 heteroatoms. The van der Waals surface area contributed by atoms with Crippen LogP contribution in [0.4, 0.5) is 10.5 Å². The summed E-state index contributed by atoms with van der Waals surface area (Å²) in [6.45, 7) is 1.95. The lowest BCUT2D eigenvalue weighted by Crippen LogP contribution is -2.37. The zero-order valence-corrected chi connectivity index (χ0v) is 16.8. The minimum atomic E-state index is -0.280. The molecule has 3 rings (SSSR count). The molecule has 0 aliphatic heterocycles. The van der Waals surface area contributed by atoms with E-state index in [1.807, 2.05) is 31.2 Å². The molecule has 0 bridgehead atoms. The fraction of sp³-hybridized carbons (Fsp3) is 0.190. The minimum absolute atomic E-state index is 0.0480. The van der Waals surface area contributed by atoms with Crippen LogP contribution in [0.3, 0.4) is 0 Å². The number of benzene rings is 2. The van der Waals surface area contributed by atoms with Gasteiger partial charge in [-0.1, -0.05) is 23.7 Å². The van der Waals surface area contributed by atoms with Gasteiger partial charge < -0.3 is 20.1 Å². The topological polar surface area (TPSA) is 85.4 Å². The van der Waals surface area contributed by atoms with Crippen LogP contribution in [-0.2, 0) is 6.42 Å². The molecule has 0 radical (unpaired) electrons. The summed E-state index contributed by atoms with van der Waals surface area (Å²) in [6.07, 6.45) is 0.694. The number of ether oxygens (including phenoxy) is 2. The van der Waals surface area contributed by atoms with Crippen LogP contribution in [0.15, 0.2) is 60.7 Å². The maximum atomic E-state index is 12.2. The highest BCUT2D eigenvalue weighted by Gasteiger charge is 2.09. The SMILES string of the molecule is COc1cccc(CC(C)NC(=O)Nc2ccc(Oc3ccc(Cl)nn3)cc2)c1. The number of hydrogen-bond donors (Lipinski definition) is 2. The highest BCUT2D eigenvalue weighted by molar-refractivity contribution is 6.29.